The first-order chi connectivity index (χ1) is 14.3. The van der Waals surface area contributed by atoms with E-state index in [1.54, 1.807) is 55.1 Å². The van der Waals surface area contributed by atoms with Crippen LogP contribution in [0.1, 0.15) is 22.8 Å². The zero-order valence-electron chi connectivity index (χ0n) is 16.5. The Morgan fingerprint density at radius 3 is 2.40 bits per heavy atom. The van der Waals surface area contributed by atoms with Gasteiger partial charge in [-0.05, 0) is 66.8 Å². The Balaban J connectivity index is 1.76. The lowest BCUT2D eigenvalue weighted by Gasteiger charge is -2.12. The molecule has 0 aliphatic carbocycles. The number of benzene rings is 3. The Morgan fingerprint density at radius 2 is 1.70 bits per heavy atom. The molecule has 30 heavy (non-hydrogen) atoms. The number of nitrogens with one attached hydrogen (secondary N) is 2. The average Bonchev–Trinajstić information content (AvgIpc) is 2.72. The fourth-order valence-electron chi connectivity index (χ4n) is 2.77. The Bertz CT molecular complexity index is 1160. The molecule has 3 rings (SSSR count). The molecule has 0 heterocycles. The minimum absolute atomic E-state index is 0.0850. The van der Waals surface area contributed by atoms with Gasteiger partial charge in [0.05, 0.1) is 16.1 Å². The molecule has 2 N–H and O–H groups in total. The first-order valence-corrected chi connectivity index (χ1v) is 12.1. The molecule has 0 aromatic heterocycles. The number of hydrogen-bond donors (Lipinski definition) is 2. The molecule has 8 heteroatoms. The molecule has 0 aliphatic rings. The van der Waals surface area contributed by atoms with E-state index in [2.05, 4.69) is 10.0 Å². The van der Waals surface area contributed by atoms with Crippen LogP contribution < -0.4 is 10.0 Å². The molecule has 3 aromatic carbocycles. The van der Waals surface area contributed by atoms with E-state index in [1.807, 2.05) is 25.1 Å². The van der Waals surface area contributed by atoms with Crippen molar-refractivity contribution in [1.29, 1.82) is 0 Å². The van der Waals surface area contributed by atoms with Crippen molar-refractivity contribution in [3.8, 4) is 0 Å². The molecular weight excluding hydrogens is 440 g/mol. The van der Waals surface area contributed by atoms with Gasteiger partial charge in [0, 0.05) is 15.6 Å². The van der Waals surface area contributed by atoms with Gasteiger partial charge in [-0.25, -0.2) is 8.42 Å². The summed E-state index contributed by atoms with van der Waals surface area (Å²) in [6, 6.07) is 18.4. The molecule has 3 aromatic rings. The van der Waals surface area contributed by atoms with E-state index in [1.165, 1.54) is 12.1 Å². The molecule has 0 radical (unpaired) electrons. The predicted molar refractivity (Wildman–Crippen MR) is 124 cm³/mol. The van der Waals surface area contributed by atoms with E-state index in [-0.39, 0.29) is 10.8 Å². The molecule has 0 spiro atoms. The molecule has 0 atom stereocenters. The van der Waals surface area contributed by atoms with Crippen LogP contribution in [0.15, 0.2) is 76.5 Å². The minimum atomic E-state index is -3.79. The maximum Gasteiger partial charge on any atom is 0.261 e. The third-order valence-electron chi connectivity index (χ3n) is 4.37. The van der Waals surface area contributed by atoms with Gasteiger partial charge in [-0.3, -0.25) is 9.52 Å². The average molecular weight is 461 g/mol. The number of sulfonamides is 1. The van der Waals surface area contributed by atoms with Crippen molar-refractivity contribution in [2.75, 3.05) is 15.8 Å². The lowest BCUT2D eigenvalue weighted by atomic mass is 10.2. The van der Waals surface area contributed by atoms with Gasteiger partial charge in [-0.2, -0.15) is 0 Å². The van der Waals surface area contributed by atoms with Gasteiger partial charge < -0.3 is 5.32 Å². The van der Waals surface area contributed by atoms with Gasteiger partial charge in [0.2, 0.25) is 0 Å². The largest absolute Gasteiger partial charge is 0.322 e. The topological polar surface area (TPSA) is 75.3 Å². The molecule has 0 bridgehead atoms. The van der Waals surface area contributed by atoms with E-state index in [0.29, 0.717) is 27.5 Å². The Labute approximate surface area is 185 Å². The summed E-state index contributed by atoms with van der Waals surface area (Å²) in [5, 5.41) is 3.30. The lowest BCUT2D eigenvalue weighted by molar-refractivity contribution is 0.102. The van der Waals surface area contributed by atoms with Crippen LogP contribution in [-0.2, 0) is 10.0 Å². The van der Waals surface area contributed by atoms with E-state index in [0.717, 1.165) is 10.6 Å². The van der Waals surface area contributed by atoms with Gasteiger partial charge in [0.1, 0.15) is 0 Å². The number of rotatable bonds is 7. The quantitative estimate of drug-likeness (QED) is 0.436. The standard InChI is InChI=1S/C22H21ClN2O3S2/c1-3-29-21-10-5-4-7-18(21)22(26)24-16-11-13-17(14-12-16)30(27,28)25-20-9-6-8-19(23)15(20)2/h4-14,25H,3H2,1-2H3,(H,24,26). The summed E-state index contributed by atoms with van der Waals surface area (Å²) in [5.41, 5.74) is 2.16. The summed E-state index contributed by atoms with van der Waals surface area (Å²) >= 11 is 7.65. The maximum absolute atomic E-state index is 12.7. The number of thioether (sulfide) groups is 1. The van der Waals surface area contributed by atoms with Crippen LogP contribution in [0.4, 0.5) is 11.4 Å². The molecule has 0 unspecified atom stereocenters. The van der Waals surface area contributed by atoms with Crippen molar-refractivity contribution in [2.45, 2.75) is 23.6 Å². The minimum Gasteiger partial charge on any atom is -0.322 e. The molecule has 0 aliphatic heterocycles. The first-order valence-electron chi connectivity index (χ1n) is 9.23. The van der Waals surface area contributed by atoms with Crippen LogP contribution in [-0.4, -0.2) is 20.1 Å². The van der Waals surface area contributed by atoms with Crippen molar-refractivity contribution in [3.05, 3.63) is 82.9 Å². The summed E-state index contributed by atoms with van der Waals surface area (Å²) in [5.74, 6) is 0.616. The normalized spacial score (nSPS) is 11.2. The summed E-state index contributed by atoms with van der Waals surface area (Å²) in [7, 11) is -3.79. The van der Waals surface area contributed by atoms with Crippen LogP contribution >= 0.6 is 23.4 Å². The number of carbonyl (C=O) groups excluding carboxylic acids is 1. The van der Waals surface area contributed by atoms with Gasteiger partial charge in [-0.1, -0.05) is 36.7 Å². The third kappa shape index (κ3) is 5.16. The number of amides is 1. The molecule has 0 saturated heterocycles. The molecule has 5 nitrogen and oxygen atoms in total. The van der Waals surface area contributed by atoms with Crippen molar-refractivity contribution in [2.24, 2.45) is 0 Å². The Kier molecular flexibility index (Phi) is 7.07. The second-order valence-corrected chi connectivity index (χ2v) is 9.82. The second kappa shape index (κ2) is 9.55. The van der Waals surface area contributed by atoms with Crippen molar-refractivity contribution in [1.82, 2.24) is 0 Å². The highest BCUT2D eigenvalue weighted by atomic mass is 35.5. The van der Waals surface area contributed by atoms with Crippen molar-refractivity contribution in [3.63, 3.8) is 0 Å². The smallest absolute Gasteiger partial charge is 0.261 e. The lowest BCUT2D eigenvalue weighted by Crippen LogP contribution is -2.15. The van der Waals surface area contributed by atoms with Gasteiger partial charge in [-0.15, -0.1) is 11.8 Å². The van der Waals surface area contributed by atoms with E-state index < -0.39 is 10.0 Å². The van der Waals surface area contributed by atoms with E-state index in [9.17, 15) is 13.2 Å². The highest BCUT2D eigenvalue weighted by Crippen LogP contribution is 2.26. The molecular formula is C22H21ClN2O3S2. The van der Waals surface area contributed by atoms with Gasteiger partial charge in [0.25, 0.3) is 15.9 Å². The third-order valence-corrected chi connectivity index (χ3v) is 7.11. The van der Waals surface area contributed by atoms with Crippen molar-refractivity contribution < 1.29 is 13.2 Å². The van der Waals surface area contributed by atoms with Crippen LogP contribution in [0.25, 0.3) is 0 Å². The fourth-order valence-corrected chi connectivity index (χ4v) is 4.87. The van der Waals surface area contributed by atoms with Crippen LogP contribution in [0.5, 0.6) is 0 Å². The van der Waals surface area contributed by atoms with Gasteiger partial charge in [0.15, 0.2) is 0 Å². The second-order valence-electron chi connectivity index (χ2n) is 6.43. The van der Waals surface area contributed by atoms with Crippen molar-refractivity contribution >= 4 is 50.7 Å². The monoisotopic (exact) mass is 460 g/mol. The first kappa shape index (κ1) is 22.2. The molecule has 156 valence electrons. The molecule has 0 fully saturated rings. The van der Waals surface area contributed by atoms with Crippen LogP contribution in [0, 0.1) is 6.92 Å². The zero-order valence-corrected chi connectivity index (χ0v) is 18.9. The summed E-state index contributed by atoms with van der Waals surface area (Å²) in [6.45, 7) is 3.77. The van der Waals surface area contributed by atoms with E-state index >= 15 is 0 Å². The molecule has 0 saturated carbocycles. The number of halogens is 1. The highest BCUT2D eigenvalue weighted by Gasteiger charge is 2.17. The zero-order chi connectivity index (χ0) is 21.7. The van der Waals surface area contributed by atoms with E-state index in [4.69, 9.17) is 11.6 Å². The van der Waals surface area contributed by atoms with Gasteiger partial charge >= 0.3 is 0 Å². The summed E-state index contributed by atoms with van der Waals surface area (Å²) in [4.78, 5) is 13.6. The Morgan fingerprint density at radius 1 is 1.00 bits per heavy atom. The fraction of sp³-hybridized carbons (Fsp3) is 0.136. The maximum atomic E-state index is 12.7. The van der Waals surface area contributed by atoms with Crippen LogP contribution in [0.3, 0.4) is 0 Å². The summed E-state index contributed by atoms with van der Waals surface area (Å²) < 4.78 is 27.9. The number of anilines is 2. The molecule has 1 amide bonds. The summed E-state index contributed by atoms with van der Waals surface area (Å²) in [6.07, 6.45) is 0. The van der Waals surface area contributed by atoms with Crippen LogP contribution in [0.2, 0.25) is 5.02 Å². The number of carbonyl (C=O) groups is 1. The SMILES string of the molecule is CCSc1ccccc1C(=O)Nc1ccc(S(=O)(=O)Nc2cccc(Cl)c2C)cc1. The predicted octanol–water partition coefficient (Wildman–Crippen LogP) is 5.81. The Hall–Kier alpha value is -2.48. The number of hydrogen-bond acceptors (Lipinski definition) is 4. The highest BCUT2D eigenvalue weighted by molar-refractivity contribution is 7.99.